The van der Waals surface area contributed by atoms with Gasteiger partial charge in [0.15, 0.2) is 0 Å². The Morgan fingerprint density at radius 3 is 2.30 bits per heavy atom. The van der Waals surface area contributed by atoms with Crippen LogP contribution in [0.5, 0.6) is 11.5 Å². The molecule has 7 atom stereocenters. The van der Waals surface area contributed by atoms with E-state index in [0.717, 1.165) is 12.2 Å². The Morgan fingerprint density at radius 2 is 1.73 bits per heavy atom. The van der Waals surface area contributed by atoms with E-state index >= 15 is 0 Å². The predicted octanol–water partition coefficient (Wildman–Crippen LogP) is -0.938. The summed E-state index contributed by atoms with van der Waals surface area (Å²) in [6, 6.07) is 4.70. The largest absolute Gasteiger partial charge is 0.508 e. The standard InChI is InChI=1S/C22H28O11/c1-30-13-4-3-5-14(31-2)16(13)21(28)32-10-11-8-12(24)6-7-22(11,29)20-19(27)18(26)17(25)15(9-23)33-20/h3-8,11,15,17-20,23-27,29H,9-10H2,1-2H3/t11?,15-,17-,18+,19-,20?,22?/m1/s1. The number of esters is 1. The first kappa shape index (κ1) is 25.0. The number of aliphatic hydroxyl groups excluding tert-OH is 5. The van der Waals surface area contributed by atoms with E-state index in [2.05, 4.69) is 0 Å². The number of rotatable bonds is 7. The van der Waals surface area contributed by atoms with E-state index in [1.807, 2.05) is 0 Å². The van der Waals surface area contributed by atoms with Crippen molar-refractivity contribution in [2.75, 3.05) is 27.4 Å². The number of ether oxygens (including phenoxy) is 4. The maximum atomic E-state index is 12.8. The van der Waals surface area contributed by atoms with Gasteiger partial charge in [-0.15, -0.1) is 0 Å². The molecule has 0 amide bonds. The molecule has 3 unspecified atom stereocenters. The van der Waals surface area contributed by atoms with Gasteiger partial charge in [0.05, 0.1) is 26.7 Å². The van der Waals surface area contributed by atoms with Crippen LogP contribution in [-0.4, -0.2) is 100 Å². The highest BCUT2D eigenvalue weighted by Crippen LogP contribution is 2.38. The minimum atomic E-state index is -2.08. The zero-order chi connectivity index (χ0) is 24.3. The number of hydrogen-bond donors (Lipinski definition) is 6. The number of methoxy groups -OCH3 is 2. The molecule has 1 aromatic carbocycles. The van der Waals surface area contributed by atoms with Gasteiger partial charge in [-0.1, -0.05) is 6.07 Å². The van der Waals surface area contributed by atoms with Gasteiger partial charge in [-0.25, -0.2) is 4.79 Å². The fourth-order valence-electron chi connectivity index (χ4n) is 4.00. The Morgan fingerprint density at radius 1 is 1.09 bits per heavy atom. The van der Waals surface area contributed by atoms with Crippen molar-refractivity contribution in [2.45, 2.75) is 36.1 Å². The van der Waals surface area contributed by atoms with Gasteiger partial charge in [-0.2, -0.15) is 0 Å². The van der Waals surface area contributed by atoms with Crippen molar-refractivity contribution in [1.29, 1.82) is 0 Å². The summed E-state index contributed by atoms with van der Waals surface area (Å²) < 4.78 is 21.3. The van der Waals surface area contributed by atoms with Gasteiger partial charge in [-0.05, 0) is 30.4 Å². The number of benzene rings is 1. The van der Waals surface area contributed by atoms with Gasteiger partial charge in [0.2, 0.25) is 0 Å². The normalized spacial score (nSPS) is 33.8. The number of carbonyl (C=O) groups is 1. The molecule has 11 heteroatoms. The lowest BCUT2D eigenvalue weighted by Gasteiger charge is -2.48. The molecule has 0 radical (unpaired) electrons. The summed E-state index contributed by atoms with van der Waals surface area (Å²) in [5.41, 5.74) is -2.07. The van der Waals surface area contributed by atoms with E-state index < -0.39 is 61.2 Å². The van der Waals surface area contributed by atoms with Gasteiger partial charge in [-0.3, -0.25) is 0 Å². The smallest absolute Gasteiger partial charge is 0.345 e. The third kappa shape index (κ3) is 4.69. The number of allylic oxidation sites excluding steroid dienone is 1. The lowest BCUT2D eigenvalue weighted by Crippen LogP contribution is -2.66. The average Bonchev–Trinajstić information content (AvgIpc) is 2.82. The summed E-state index contributed by atoms with van der Waals surface area (Å²) in [6.07, 6.45) is -4.38. The monoisotopic (exact) mass is 468 g/mol. The molecule has 2 aliphatic rings. The van der Waals surface area contributed by atoms with Gasteiger partial charge in [0.1, 0.15) is 65.5 Å². The molecule has 1 aromatic rings. The fourth-order valence-corrected chi connectivity index (χ4v) is 4.00. The van der Waals surface area contributed by atoms with E-state index in [0.29, 0.717) is 0 Å². The Kier molecular flexibility index (Phi) is 7.62. The van der Waals surface area contributed by atoms with Gasteiger partial charge in [0, 0.05) is 0 Å². The Balaban J connectivity index is 1.86. The van der Waals surface area contributed by atoms with Crippen LogP contribution < -0.4 is 9.47 Å². The molecule has 11 nitrogen and oxygen atoms in total. The summed E-state index contributed by atoms with van der Waals surface area (Å²) in [7, 11) is 2.74. The zero-order valence-corrected chi connectivity index (χ0v) is 18.1. The molecule has 1 saturated heterocycles. The number of carbonyl (C=O) groups excluding carboxylic acids is 1. The molecule has 0 bridgehead atoms. The first-order valence-corrected chi connectivity index (χ1v) is 10.2. The van der Waals surface area contributed by atoms with Crippen LogP contribution in [0.1, 0.15) is 10.4 Å². The summed E-state index contributed by atoms with van der Waals surface area (Å²) in [4.78, 5) is 12.8. The van der Waals surface area contributed by atoms with Crippen molar-refractivity contribution >= 4 is 5.97 Å². The summed E-state index contributed by atoms with van der Waals surface area (Å²) in [5.74, 6) is -1.80. The molecule has 182 valence electrons. The SMILES string of the molecule is COc1cccc(OC)c1C(=O)OCC1C=C(O)C=CC1(O)C1O[C@H](CO)[C@@H](O)[C@H](O)[C@H]1O. The minimum absolute atomic E-state index is 0.0124. The number of hydrogen-bond acceptors (Lipinski definition) is 11. The molecule has 1 aliphatic carbocycles. The third-order valence-electron chi connectivity index (χ3n) is 5.86. The molecule has 1 fully saturated rings. The second kappa shape index (κ2) is 10.1. The van der Waals surface area contributed by atoms with Gasteiger partial charge in [0.25, 0.3) is 0 Å². The van der Waals surface area contributed by atoms with Crippen LogP contribution >= 0.6 is 0 Å². The maximum Gasteiger partial charge on any atom is 0.345 e. The van der Waals surface area contributed by atoms with E-state index in [4.69, 9.17) is 18.9 Å². The highest BCUT2D eigenvalue weighted by Gasteiger charge is 2.54. The van der Waals surface area contributed by atoms with Crippen LogP contribution in [0.15, 0.2) is 42.2 Å². The van der Waals surface area contributed by atoms with Crippen molar-refractivity contribution in [3.63, 3.8) is 0 Å². The van der Waals surface area contributed by atoms with Crippen LogP contribution in [-0.2, 0) is 9.47 Å². The molecule has 3 rings (SSSR count). The Hall–Kier alpha value is -2.67. The maximum absolute atomic E-state index is 12.8. The van der Waals surface area contributed by atoms with Crippen LogP contribution in [0.2, 0.25) is 0 Å². The summed E-state index contributed by atoms with van der Waals surface area (Å²) in [5, 5.41) is 61.5. The lowest BCUT2D eigenvalue weighted by molar-refractivity contribution is -0.268. The third-order valence-corrected chi connectivity index (χ3v) is 5.86. The summed E-state index contributed by atoms with van der Waals surface area (Å²) >= 11 is 0. The van der Waals surface area contributed by atoms with Crippen LogP contribution in [0.4, 0.5) is 0 Å². The second-order valence-corrected chi connectivity index (χ2v) is 7.80. The number of aliphatic hydroxyl groups is 6. The van der Waals surface area contributed by atoms with Crippen LogP contribution in [0.25, 0.3) is 0 Å². The molecule has 1 aliphatic heterocycles. The van der Waals surface area contributed by atoms with Gasteiger partial charge < -0.3 is 49.6 Å². The quantitative estimate of drug-likeness (QED) is 0.272. The van der Waals surface area contributed by atoms with E-state index in [9.17, 15) is 35.4 Å². The molecular formula is C22H28O11. The molecule has 6 N–H and O–H groups in total. The molecule has 0 saturated carbocycles. The average molecular weight is 468 g/mol. The summed E-state index contributed by atoms with van der Waals surface area (Å²) in [6.45, 7) is -1.16. The van der Waals surface area contributed by atoms with Crippen LogP contribution in [0, 0.1) is 5.92 Å². The van der Waals surface area contributed by atoms with Crippen LogP contribution in [0.3, 0.4) is 0 Å². The van der Waals surface area contributed by atoms with E-state index in [1.165, 1.54) is 20.3 Å². The molecule has 0 spiro atoms. The lowest BCUT2D eigenvalue weighted by atomic mass is 9.75. The Labute approximate surface area is 189 Å². The first-order chi connectivity index (χ1) is 15.7. The zero-order valence-electron chi connectivity index (χ0n) is 18.1. The molecular weight excluding hydrogens is 440 g/mol. The highest BCUT2D eigenvalue weighted by atomic mass is 16.6. The fraction of sp³-hybridized carbons (Fsp3) is 0.500. The second-order valence-electron chi connectivity index (χ2n) is 7.80. The molecule has 33 heavy (non-hydrogen) atoms. The van der Waals surface area contributed by atoms with Crippen molar-refractivity contribution in [3.05, 3.63) is 47.7 Å². The van der Waals surface area contributed by atoms with E-state index in [-0.39, 0.29) is 22.8 Å². The van der Waals surface area contributed by atoms with Crippen molar-refractivity contribution < 1.29 is 54.4 Å². The van der Waals surface area contributed by atoms with Gasteiger partial charge >= 0.3 is 5.97 Å². The molecule has 0 aromatic heterocycles. The highest BCUT2D eigenvalue weighted by molar-refractivity contribution is 5.95. The van der Waals surface area contributed by atoms with Crippen molar-refractivity contribution in [3.8, 4) is 11.5 Å². The van der Waals surface area contributed by atoms with Crippen molar-refractivity contribution in [2.24, 2.45) is 5.92 Å². The van der Waals surface area contributed by atoms with Crippen molar-refractivity contribution in [1.82, 2.24) is 0 Å². The minimum Gasteiger partial charge on any atom is -0.508 e. The first-order valence-electron chi connectivity index (χ1n) is 10.2. The Bertz CT molecular complexity index is 889. The molecule has 1 heterocycles. The predicted molar refractivity (Wildman–Crippen MR) is 112 cm³/mol. The topological polar surface area (TPSA) is 175 Å². The van der Waals surface area contributed by atoms with E-state index in [1.54, 1.807) is 18.2 Å².